The SMILES string of the molecule is Cc1ccccc1COc1ccc(Cl)cc1CNC12CC3CC(C)(CC(C)(C3)C1)C2. The summed E-state index contributed by atoms with van der Waals surface area (Å²) in [5.41, 5.74) is 4.97. The molecule has 3 heteroatoms. The average Bonchev–Trinajstić information content (AvgIpc) is 2.64. The predicted molar refractivity (Wildman–Crippen MR) is 124 cm³/mol. The number of halogens is 1. The van der Waals surface area contributed by atoms with Crippen LogP contribution in [0.4, 0.5) is 0 Å². The summed E-state index contributed by atoms with van der Waals surface area (Å²) in [4.78, 5) is 0. The minimum atomic E-state index is 0.276. The number of aryl methyl sites for hydroxylation is 1. The second-order valence-electron chi connectivity index (χ2n) is 11.2. The van der Waals surface area contributed by atoms with Gasteiger partial charge in [-0.3, -0.25) is 0 Å². The molecule has 4 saturated carbocycles. The Bertz CT molecular complexity index is 936. The van der Waals surface area contributed by atoms with Crippen LogP contribution < -0.4 is 10.1 Å². The topological polar surface area (TPSA) is 21.3 Å². The van der Waals surface area contributed by atoms with E-state index in [9.17, 15) is 0 Å². The average molecular weight is 424 g/mol. The highest BCUT2D eigenvalue weighted by Crippen LogP contribution is 2.66. The van der Waals surface area contributed by atoms with Gasteiger partial charge in [0.15, 0.2) is 0 Å². The maximum atomic E-state index is 6.37. The van der Waals surface area contributed by atoms with Gasteiger partial charge in [0, 0.05) is 22.7 Å². The zero-order valence-corrected chi connectivity index (χ0v) is 19.3. The summed E-state index contributed by atoms with van der Waals surface area (Å²) >= 11 is 6.37. The Labute approximate surface area is 186 Å². The van der Waals surface area contributed by atoms with Gasteiger partial charge in [-0.15, -0.1) is 0 Å². The van der Waals surface area contributed by atoms with Crippen molar-refractivity contribution in [3.63, 3.8) is 0 Å². The Hall–Kier alpha value is -1.51. The Balaban J connectivity index is 1.33. The van der Waals surface area contributed by atoms with Crippen molar-refractivity contribution < 1.29 is 4.74 Å². The number of rotatable bonds is 6. The van der Waals surface area contributed by atoms with E-state index in [1.807, 2.05) is 12.1 Å². The van der Waals surface area contributed by atoms with Crippen molar-refractivity contribution >= 4 is 11.6 Å². The second-order valence-corrected chi connectivity index (χ2v) is 11.7. The van der Waals surface area contributed by atoms with Gasteiger partial charge in [0.05, 0.1) is 0 Å². The van der Waals surface area contributed by atoms with Crippen molar-refractivity contribution in [2.45, 2.75) is 78.0 Å². The first-order valence-electron chi connectivity index (χ1n) is 11.5. The zero-order chi connectivity index (χ0) is 21.0. The molecule has 4 aliphatic rings. The van der Waals surface area contributed by atoms with Crippen LogP contribution in [-0.2, 0) is 13.2 Å². The maximum Gasteiger partial charge on any atom is 0.124 e. The van der Waals surface area contributed by atoms with Crippen LogP contribution in [0.5, 0.6) is 5.75 Å². The molecule has 0 aliphatic heterocycles. The standard InChI is InChI=1S/C27H34ClNO/c1-19-6-4-5-7-21(19)15-30-24-9-8-23(28)10-22(24)14-29-27-13-20-11-25(2,17-27)16-26(3,12-20)18-27/h4-10,20,29H,11-18H2,1-3H3. The van der Waals surface area contributed by atoms with Gasteiger partial charge in [-0.1, -0.05) is 49.7 Å². The number of hydrogen-bond acceptors (Lipinski definition) is 2. The molecule has 0 aromatic heterocycles. The summed E-state index contributed by atoms with van der Waals surface area (Å²) in [6.45, 7) is 8.61. The van der Waals surface area contributed by atoms with Gasteiger partial charge in [0.2, 0.25) is 0 Å². The third-order valence-corrected chi connectivity index (χ3v) is 8.18. The molecule has 2 aromatic rings. The molecule has 30 heavy (non-hydrogen) atoms. The van der Waals surface area contributed by atoms with Crippen molar-refractivity contribution in [1.82, 2.24) is 5.32 Å². The molecule has 0 amide bonds. The molecule has 6 rings (SSSR count). The van der Waals surface area contributed by atoms with Gasteiger partial charge in [0.25, 0.3) is 0 Å². The Kier molecular flexibility index (Phi) is 4.95. The van der Waals surface area contributed by atoms with Gasteiger partial charge in [-0.2, -0.15) is 0 Å². The molecule has 0 radical (unpaired) electrons. The number of hydrogen-bond donors (Lipinski definition) is 1. The molecular weight excluding hydrogens is 390 g/mol. The lowest BCUT2D eigenvalue weighted by Gasteiger charge is -2.65. The third kappa shape index (κ3) is 3.89. The normalized spacial score (nSPS) is 34.3. The van der Waals surface area contributed by atoms with E-state index in [1.54, 1.807) is 0 Å². The quantitative estimate of drug-likeness (QED) is 0.536. The lowest BCUT2D eigenvalue weighted by molar-refractivity contribution is -0.118. The highest BCUT2D eigenvalue weighted by Gasteiger charge is 2.59. The highest BCUT2D eigenvalue weighted by atomic mass is 35.5. The Morgan fingerprint density at radius 2 is 1.70 bits per heavy atom. The van der Waals surface area contributed by atoms with E-state index in [4.69, 9.17) is 16.3 Å². The van der Waals surface area contributed by atoms with Gasteiger partial charge in [0.1, 0.15) is 12.4 Å². The van der Waals surface area contributed by atoms with E-state index in [1.165, 1.54) is 55.2 Å². The van der Waals surface area contributed by atoms with Crippen molar-refractivity contribution in [2.75, 3.05) is 0 Å². The monoisotopic (exact) mass is 423 g/mol. The minimum absolute atomic E-state index is 0.276. The fraction of sp³-hybridized carbons (Fsp3) is 0.556. The van der Waals surface area contributed by atoms with E-state index in [0.717, 1.165) is 23.2 Å². The van der Waals surface area contributed by atoms with Crippen LogP contribution in [-0.4, -0.2) is 5.54 Å². The first-order chi connectivity index (χ1) is 14.3. The summed E-state index contributed by atoms with van der Waals surface area (Å²) in [5, 5.41) is 4.81. The van der Waals surface area contributed by atoms with Crippen LogP contribution >= 0.6 is 11.6 Å². The van der Waals surface area contributed by atoms with Crippen molar-refractivity contribution in [3.05, 3.63) is 64.2 Å². The molecule has 4 bridgehead atoms. The summed E-state index contributed by atoms with van der Waals surface area (Å²) in [6.07, 6.45) is 8.21. The van der Waals surface area contributed by atoms with Gasteiger partial charge >= 0.3 is 0 Å². The predicted octanol–water partition coefficient (Wildman–Crippen LogP) is 7.07. The molecule has 160 valence electrons. The lowest BCUT2D eigenvalue weighted by Crippen LogP contribution is -2.63. The molecule has 2 atom stereocenters. The summed E-state index contributed by atoms with van der Waals surface area (Å²) < 4.78 is 6.27. The third-order valence-electron chi connectivity index (χ3n) is 7.95. The molecule has 0 spiro atoms. The van der Waals surface area contributed by atoms with Crippen LogP contribution in [0.2, 0.25) is 5.02 Å². The van der Waals surface area contributed by atoms with Gasteiger partial charge in [-0.25, -0.2) is 0 Å². The zero-order valence-electron chi connectivity index (χ0n) is 18.6. The Morgan fingerprint density at radius 3 is 2.40 bits per heavy atom. The van der Waals surface area contributed by atoms with E-state index < -0.39 is 0 Å². The van der Waals surface area contributed by atoms with E-state index in [0.29, 0.717) is 17.4 Å². The van der Waals surface area contributed by atoms with Gasteiger partial charge < -0.3 is 10.1 Å². The van der Waals surface area contributed by atoms with Crippen LogP contribution in [0.1, 0.15) is 69.1 Å². The van der Waals surface area contributed by atoms with Crippen LogP contribution in [0, 0.1) is 23.7 Å². The molecule has 0 saturated heterocycles. The largest absolute Gasteiger partial charge is 0.489 e. The van der Waals surface area contributed by atoms with Crippen LogP contribution in [0.15, 0.2) is 42.5 Å². The number of ether oxygens (including phenoxy) is 1. The summed E-state index contributed by atoms with van der Waals surface area (Å²) in [5.74, 6) is 1.83. The van der Waals surface area contributed by atoms with E-state index in [-0.39, 0.29) is 5.54 Å². The number of nitrogens with one attached hydrogen (secondary N) is 1. The van der Waals surface area contributed by atoms with Crippen LogP contribution in [0.25, 0.3) is 0 Å². The first-order valence-corrected chi connectivity index (χ1v) is 11.8. The molecular formula is C27H34ClNO. The van der Waals surface area contributed by atoms with E-state index in [2.05, 4.69) is 56.4 Å². The van der Waals surface area contributed by atoms with Gasteiger partial charge in [-0.05, 0) is 91.5 Å². The van der Waals surface area contributed by atoms with E-state index >= 15 is 0 Å². The van der Waals surface area contributed by atoms with Crippen LogP contribution in [0.3, 0.4) is 0 Å². The lowest BCUT2D eigenvalue weighted by atomic mass is 9.43. The molecule has 2 nitrogen and oxygen atoms in total. The van der Waals surface area contributed by atoms with Crippen molar-refractivity contribution in [2.24, 2.45) is 16.7 Å². The van der Waals surface area contributed by atoms with Crippen molar-refractivity contribution in [3.8, 4) is 5.75 Å². The molecule has 0 heterocycles. The molecule has 2 aromatic carbocycles. The highest BCUT2D eigenvalue weighted by molar-refractivity contribution is 6.30. The smallest absolute Gasteiger partial charge is 0.124 e. The maximum absolute atomic E-state index is 6.37. The molecule has 4 fully saturated rings. The second kappa shape index (κ2) is 7.28. The molecule has 2 unspecified atom stereocenters. The molecule has 4 aliphatic carbocycles. The fourth-order valence-electron chi connectivity index (χ4n) is 7.68. The number of benzene rings is 2. The summed E-state index contributed by atoms with van der Waals surface area (Å²) in [6, 6.07) is 14.5. The fourth-order valence-corrected chi connectivity index (χ4v) is 7.88. The minimum Gasteiger partial charge on any atom is -0.489 e. The molecule has 1 N–H and O–H groups in total. The van der Waals surface area contributed by atoms with Crippen molar-refractivity contribution in [1.29, 1.82) is 0 Å². The summed E-state index contributed by atoms with van der Waals surface area (Å²) in [7, 11) is 0. The first kappa shape index (κ1) is 20.4. The Morgan fingerprint density at radius 1 is 0.967 bits per heavy atom.